The molecule has 1 aromatic rings. The highest BCUT2D eigenvalue weighted by Gasteiger charge is 2.22. The highest BCUT2D eigenvalue weighted by molar-refractivity contribution is 5.93. The Kier molecular flexibility index (Phi) is 4.34. The fourth-order valence-electron chi connectivity index (χ4n) is 3.00. The highest BCUT2D eigenvalue weighted by atomic mass is 16.2. The van der Waals surface area contributed by atoms with Gasteiger partial charge in [0, 0.05) is 38.3 Å². The summed E-state index contributed by atoms with van der Waals surface area (Å²) in [6.07, 6.45) is 6.41. The van der Waals surface area contributed by atoms with Crippen molar-refractivity contribution in [3.63, 3.8) is 0 Å². The Morgan fingerprint density at radius 2 is 1.90 bits per heavy atom. The van der Waals surface area contributed by atoms with Crippen molar-refractivity contribution in [2.24, 2.45) is 0 Å². The molecule has 1 aliphatic carbocycles. The zero-order valence-corrected chi connectivity index (χ0v) is 12.6. The van der Waals surface area contributed by atoms with Gasteiger partial charge in [0.1, 0.15) is 17.8 Å². The molecule has 114 valence electrons. The summed E-state index contributed by atoms with van der Waals surface area (Å²) in [7, 11) is 2.08. The van der Waals surface area contributed by atoms with Crippen LogP contribution in [-0.4, -0.2) is 64.9 Å². The second-order valence-electron chi connectivity index (χ2n) is 6.01. The maximum Gasteiger partial charge on any atom is 0.272 e. The summed E-state index contributed by atoms with van der Waals surface area (Å²) in [6.45, 7) is 3.38. The van der Waals surface area contributed by atoms with E-state index in [1.54, 1.807) is 6.07 Å². The number of amides is 1. The van der Waals surface area contributed by atoms with Crippen LogP contribution in [0.1, 0.15) is 36.2 Å². The molecule has 3 rings (SSSR count). The molecule has 6 nitrogen and oxygen atoms in total. The number of carbonyl (C=O) groups is 1. The van der Waals surface area contributed by atoms with Gasteiger partial charge in [-0.2, -0.15) is 0 Å². The van der Waals surface area contributed by atoms with Crippen LogP contribution in [0.2, 0.25) is 0 Å². The molecule has 0 bridgehead atoms. The van der Waals surface area contributed by atoms with Gasteiger partial charge in [-0.3, -0.25) is 4.79 Å². The summed E-state index contributed by atoms with van der Waals surface area (Å²) in [5, 5.41) is 3.42. The first-order chi connectivity index (χ1) is 10.2. The number of rotatable bonds is 3. The van der Waals surface area contributed by atoms with Crippen molar-refractivity contribution in [3.05, 3.63) is 18.1 Å². The van der Waals surface area contributed by atoms with E-state index < -0.39 is 0 Å². The Bertz CT molecular complexity index is 493. The topological polar surface area (TPSA) is 61.4 Å². The summed E-state index contributed by atoms with van der Waals surface area (Å²) < 4.78 is 0. The van der Waals surface area contributed by atoms with Gasteiger partial charge in [0.15, 0.2) is 0 Å². The number of nitrogens with one attached hydrogen (secondary N) is 1. The van der Waals surface area contributed by atoms with Crippen LogP contribution in [0.15, 0.2) is 12.4 Å². The number of hydrogen-bond acceptors (Lipinski definition) is 5. The molecule has 2 fully saturated rings. The number of anilines is 1. The van der Waals surface area contributed by atoms with Gasteiger partial charge in [-0.15, -0.1) is 0 Å². The Labute approximate surface area is 125 Å². The highest BCUT2D eigenvalue weighted by Crippen LogP contribution is 2.21. The van der Waals surface area contributed by atoms with Gasteiger partial charge in [-0.1, -0.05) is 12.8 Å². The molecule has 0 aromatic carbocycles. The predicted molar refractivity (Wildman–Crippen MR) is 81.3 cm³/mol. The van der Waals surface area contributed by atoms with Crippen LogP contribution >= 0.6 is 0 Å². The first-order valence-corrected chi connectivity index (χ1v) is 7.79. The number of aromatic nitrogens is 2. The fourth-order valence-corrected chi connectivity index (χ4v) is 3.00. The quantitative estimate of drug-likeness (QED) is 0.906. The molecule has 0 spiro atoms. The van der Waals surface area contributed by atoms with Crippen LogP contribution < -0.4 is 5.32 Å². The molecule has 2 heterocycles. The Balaban J connectivity index is 1.65. The molecule has 0 atom stereocenters. The molecule has 1 aliphatic heterocycles. The summed E-state index contributed by atoms with van der Waals surface area (Å²) in [4.78, 5) is 25.0. The van der Waals surface area contributed by atoms with Crippen LogP contribution in [0, 0.1) is 0 Å². The molecule has 1 saturated carbocycles. The summed E-state index contributed by atoms with van der Waals surface area (Å²) in [5.74, 6) is 0.786. The van der Waals surface area contributed by atoms with E-state index in [-0.39, 0.29) is 5.91 Å². The van der Waals surface area contributed by atoms with E-state index in [1.807, 2.05) is 4.90 Å². The van der Waals surface area contributed by atoms with Gasteiger partial charge >= 0.3 is 0 Å². The first-order valence-electron chi connectivity index (χ1n) is 7.79. The van der Waals surface area contributed by atoms with E-state index in [2.05, 4.69) is 27.2 Å². The zero-order valence-electron chi connectivity index (χ0n) is 12.6. The fraction of sp³-hybridized carbons (Fsp3) is 0.667. The van der Waals surface area contributed by atoms with Crippen molar-refractivity contribution < 1.29 is 4.79 Å². The van der Waals surface area contributed by atoms with Crippen molar-refractivity contribution in [2.45, 2.75) is 31.7 Å². The molecular weight excluding hydrogens is 266 g/mol. The minimum Gasteiger partial charge on any atom is -0.367 e. The molecule has 1 aromatic heterocycles. The Hall–Kier alpha value is -1.69. The molecule has 6 heteroatoms. The van der Waals surface area contributed by atoms with Crippen LogP contribution in [0.3, 0.4) is 0 Å². The number of hydrogen-bond donors (Lipinski definition) is 1. The lowest BCUT2D eigenvalue weighted by Gasteiger charge is -2.32. The SMILES string of the molecule is CN1CCN(C(=O)c2cc(NC3CCCC3)ncn2)CC1. The standard InChI is InChI=1S/C15H23N5O/c1-19-6-8-20(9-7-19)15(21)13-10-14(17-11-16-13)18-12-4-2-3-5-12/h10-12H,2-9H2,1H3,(H,16,17,18). The lowest BCUT2D eigenvalue weighted by molar-refractivity contribution is 0.0658. The third kappa shape index (κ3) is 3.50. The molecule has 0 radical (unpaired) electrons. The number of carbonyl (C=O) groups excluding carboxylic acids is 1. The van der Waals surface area contributed by atoms with E-state index in [0.717, 1.165) is 32.0 Å². The second-order valence-corrected chi connectivity index (χ2v) is 6.01. The first kappa shape index (κ1) is 14.3. The number of piperazine rings is 1. The maximum absolute atomic E-state index is 12.5. The normalized spacial score (nSPS) is 20.7. The number of likely N-dealkylation sites (N-methyl/N-ethyl adjacent to an activating group) is 1. The Morgan fingerprint density at radius 3 is 2.62 bits per heavy atom. The van der Waals surface area contributed by atoms with Gasteiger partial charge in [-0.25, -0.2) is 9.97 Å². The second kappa shape index (κ2) is 6.39. The summed E-state index contributed by atoms with van der Waals surface area (Å²) in [6, 6.07) is 2.28. The molecule has 0 unspecified atom stereocenters. The third-order valence-corrected chi connectivity index (χ3v) is 4.38. The van der Waals surface area contributed by atoms with Crippen molar-refractivity contribution >= 4 is 11.7 Å². The molecule has 21 heavy (non-hydrogen) atoms. The Morgan fingerprint density at radius 1 is 1.19 bits per heavy atom. The van der Waals surface area contributed by atoms with Gasteiger partial charge in [0.2, 0.25) is 0 Å². The van der Waals surface area contributed by atoms with Crippen LogP contribution in [0.5, 0.6) is 0 Å². The van der Waals surface area contributed by atoms with E-state index >= 15 is 0 Å². The maximum atomic E-state index is 12.5. The number of nitrogens with zero attached hydrogens (tertiary/aromatic N) is 4. The zero-order chi connectivity index (χ0) is 14.7. The van der Waals surface area contributed by atoms with Crippen molar-refractivity contribution in [3.8, 4) is 0 Å². The van der Waals surface area contributed by atoms with E-state index in [4.69, 9.17) is 0 Å². The van der Waals surface area contributed by atoms with E-state index in [0.29, 0.717) is 11.7 Å². The summed E-state index contributed by atoms with van der Waals surface area (Å²) in [5.41, 5.74) is 0.495. The monoisotopic (exact) mass is 289 g/mol. The largest absolute Gasteiger partial charge is 0.367 e. The molecule has 1 amide bonds. The minimum atomic E-state index is 0.0139. The van der Waals surface area contributed by atoms with Crippen molar-refractivity contribution in [1.29, 1.82) is 0 Å². The average Bonchev–Trinajstić information content (AvgIpc) is 3.00. The van der Waals surface area contributed by atoms with E-state index in [9.17, 15) is 4.79 Å². The van der Waals surface area contributed by atoms with Crippen molar-refractivity contribution in [2.75, 3.05) is 38.5 Å². The van der Waals surface area contributed by atoms with Crippen LogP contribution in [-0.2, 0) is 0 Å². The van der Waals surface area contributed by atoms with E-state index in [1.165, 1.54) is 32.0 Å². The smallest absolute Gasteiger partial charge is 0.272 e. The van der Waals surface area contributed by atoms with Gasteiger partial charge in [0.05, 0.1) is 0 Å². The van der Waals surface area contributed by atoms with Gasteiger partial charge in [-0.05, 0) is 19.9 Å². The molecule has 2 aliphatic rings. The lowest BCUT2D eigenvalue weighted by atomic mass is 10.2. The van der Waals surface area contributed by atoms with Gasteiger partial charge in [0.25, 0.3) is 5.91 Å². The van der Waals surface area contributed by atoms with Crippen LogP contribution in [0.4, 0.5) is 5.82 Å². The molecule has 1 saturated heterocycles. The predicted octanol–water partition coefficient (Wildman–Crippen LogP) is 1.22. The summed E-state index contributed by atoms with van der Waals surface area (Å²) >= 11 is 0. The molecule has 1 N–H and O–H groups in total. The lowest BCUT2D eigenvalue weighted by Crippen LogP contribution is -2.47. The minimum absolute atomic E-state index is 0.0139. The average molecular weight is 289 g/mol. The molecular formula is C15H23N5O. The van der Waals surface area contributed by atoms with Crippen LogP contribution in [0.25, 0.3) is 0 Å². The van der Waals surface area contributed by atoms with Crippen molar-refractivity contribution in [1.82, 2.24) is 19.8 Å². The third-order valence-electron chi connectivity index (χ3n) is 4.38. The van der Waals surface area contributed by atoms with Gasteiger partial charge < -0.3 is 15.1 Å².